The highest BCUT2D eigenvalue weighted by Gasteiger charge is 2.35. The first-order valence-corrected chi connectivity index (χ1v) is 34.4. The summed E-state index contributed by atoms with van der Waals surface area (Å²) in [4.78, 5) is 0. The first-order chi connectivity index (χ1) is 48.3. The van der Waals surface area contributed by atoms with Gasteiger partial charge in [-0.2, -0.15) is 0 Å². The van der Waals surface area contributed by atoms with Gasteiger partial charge < -0.3 is 35.3 Å². The van der Waals surface area contributed by atoms with Gasteiger partial charge in [0.1, 0.15) is 33.5 Å². The first kappa shape index (κ1) is 50.0. The van der Waals surface area contributed by atoms with Crippen LogP contribution in [-0.2, 0) is 0 Å². The van der Waals surface area contributed by atoms with Gasteiger partial charge in [0.05, 0.1) is 66.2 Å². The van der Waals surface area contributed by atoms with Crippen LogP contribution in [0.4, 0.5) is 0 Å². The summed E-state index contributed by atoms with van der Waals surface area (Å²) < 4.78 is 38.6. The maximum atomic E-state index is 7.33. The van der Waals surface area contributed by atoms with Gasteiger partial charge in [-0.05, 0) is 119 Å². The molecule has 0 N–H and O–H groups in total. The Labute approximate surface area is 552 Å². The van der Waals surface area contributed by atoms with Crippen LogP contribution in [0.1, 0.15) is 50.7 Å². The van der Waals surface area contributed by atoms with Crippen molar-refractivity contribution >= 4 is 240 Å². The van der Waals surface area contributed by atoms with E-state index in [0.29, 0.717) is 0 Å². The number of furan rings is 4. The lowest BCUT2D eigenvalue weighted by Gasteiger charge is -2.19. The smallest absolute Gasteiger partial charge is 0.160 e. The Bertz CT molecular complexity index is 8250. The molecule has 0 aliphatic carbocycles. The zero-order valence-electron chi connectivity index (χ0n) is 53.4. The molecule has 0 aliphatic rings. The largest absolute Gasteiger partial charge is 0.456 e. The standard InChI is InChI=1S/C90H50N4O4/c1-41(2)73-77-79-75-57-18-8-12-26-68(57)95-71(75)39-61-45-15-5-9-23-63(45)91(83(61)79)87(77)74(42(3)4)78-80-76-58-30-28-44(36-70(58)96-72(76)40-62-46-16-6-10-24-64(46)92(84(62)80)88(73)78)43-27-29-48-56-34-32-54-50-20-14-22-52-60-37-65-59(38-66(60)94(82(50)52)86(54)90(56)98-69(48)35-43)51-21-13-19-49-53-31-33-55-47-17-7-11-25-67(47)97-89(55)85(53)93(65)81(49)51/h5-42H,1-4H3. The van der Waals surface area contributed by atoms with Crippen LogP contribution in [0.2, 0.25) is 0 Å². The van der Waals surface area contributed by atoms with E-state index in [1.807, 2.05) is 0 Å². The van der Waals surface area contributed by atoms with Gasteiger partial charge in [-0.15, -0.1) is 0 Å². The van der Waals surface area contributed by atoms with E-state index >= 15 is 0 Å². The third-order valence-corrected chi connectivity index (χ3v) is 23.5. The van der Waals surface area contributed by atoms with Crippen LogP contribution in [0.25, 0.3) is 251 Å². The summed E-state index contributed by atoms with van der Waals surface area (Å²) in [6.07, 6.45) is 0. The summed E-state index contributed by atoms with van der Waals surface area (Å²) in [5.41, 5.74) is 26.5. The quantitative estimate of drug-likeness (QED) is 0.177. The molecule has 0 saturated heterocycles. The summed E-state index contributed by atoms with van der Waals surface area (Å²) in [7, 11) is 0. The van der Waals surface area contributed by atoms with Gasteiger partial charge in [-0.1, -0.05) is 161 Å². The van der Waals surface area contributed by atoms with Gasteiger partial charge in [0, 0.05) is 129 Å². The monoisotopic (exact) mass is 1250 g/mol. The van der Waals surface area contributed by atoms with Gasteiger partial charge in [0.25, 0.3) is 0 Å². The van der Waals surface area contributed by atoms with Crippen LogP contribution in [-0.4, -0.2) is 17.6 Å². The van der Waals surface area contributed by atoms with Crippen LogP contribution in [0.5, 0.6) is 0 Å². The van der Waals surface area contributed by atoms with E-state index in [4.69, 9.17) is 17.7 Å². The molecule has 0 atom stereocenters. The highest BCUT2D eigenvalue weighted by atomic mass is 16.3. The normalized spacial score (nSPS) is 13.5. The molecule has 98 heavy (non-hydrogen) atoms. The Morgan fingerprint density at radius 1 is 0.214 bits per heavy atom. The van der Waals surface area contributed by atoms with Crippen molar-refractivity contribution in [2.45, 2.75) is 39.5 Å². The van der Waals surface area contributed by atoms with Crippen LogP contribution in [0, 0.1) is 0 Å². The predicted octanol–water partition coefficient (Wildman–Crippen LogP) is 25.8. The number of nitrogens with zero attached hydrogens (tertiary/aromatic N) is 4. The molecule has 8 nitrogen and oxygen atoms in total. The molecule has 14 aromatic carbocycles. The van der Waals surface area contributed by atoms with Crippen LogP contribution >= 0.6 is 0 Å². The van der Waals surface area contributed by atoms with Crippen molar-refractivity contribution in [3.8, 4) is 11.1 Å². The average molecular weight is 1250 g/mol. The van der Waals surface area contributed by atoms with E-state index in [-0.39, 0.29) is 11.8 Å². The van der Waals surface area contributed by atoms with E-state index in [1.165, 1.54) is 158 Å². The van der Waals surface area contributed by atoms with E-state index in [1.54, 1.807) is 0 Å². The van der Waals surface area contributed by atoms with Crippen molar-refractivity contribution in [1.82, 2.24) is 17.6 Å². The zero-order valence-corrected chi connectivity index (χ0v) is 53.4. The number of rotatable bonds is 3. The molecule has 12 aromatic heterocycles. The molecular weight excluding hydrogens is 1200 g/mol. The zero-order chi connectivity index (χ0) is 63.5. The van der Waals surface area contributed by atoms with E-state index in [9.17, 15) is 0 Å². The van der Waals surface area contributed by atoms with E-state index < -0.39 is 0 Å². The summed E-state index contributed by atoms with van der Waals surface area (Å²) in [5.74, 6) is 0.295. The Morgan fingerprint density at radius 2 is 0.582 bits per heavy atom. The predicted molar refractivity (Wildman–Crippen MR) is 408 cm³/mol. The van der Waals surface area contributed by atoms with Crippen LogP contribution in [0.3, 0.4) is 0 Å². The molecule has 26 aromatic rings. The molecule has 26 rings (SSSR count). The average Bonchev–Trinajstić information content (AvgIpc) is 1.50. The molecule has 0 spiro atoms. The van der Waals surface area contributed by atoms with E-state index in [0.717, 1.165) is 105 Å². The maximum absolute atomic E-state index is 7.33. The van der Waals surface area contributed by atoms with Crippen molar-refractivity contribution in [3.63, 3.8) is 0 Å². The van der Waals surface area contributed by atoms with Crippen molar-refractivity contribution in [2.24, 2.45) is 0 Å². The van der Waals surface area contributed by atoms with Gasteiger partial charge in [0.2, 0.25) is 0 Å². The fourth-order valence-corrected chi connectivity index (χ4v) is 19.9. The van der Waals surface area contributed by atoms with Crippen molar-refractivity contribution in [1.29, 1.82) is 0 Å². The molecule has 0 amide bonds. The lowest BCUT2D eigenvalue weighted by atomic mass is 9.86. The highest BCUT2D eigenvalue weighted by molar-refractivity contribution is 6.42. The van der Waals surface area contributed by atoms with Crippen LogP contribution < -0.4 is 0 Å². The molecule has 0 bridgehead atoms. The topological polar surface area (TPSA) is 70.2 Å². The van der Waals surface area contributed by atoms with Gasteiger partial charge in [-0.25, -0.2) is 0 Å². The Balaban J connectivity index is 0.707. The Morgan fingerprint density at radius 3 is 1.11 bits per heavy atom. The van der Waals surface area contributed by atoms with Crippen molar-refractivity contribution in [2.75, 3.05) is 0 Å². The lowest BCUT2D eigenvalue weighted by Crippen LogP contribution is -2.00. The second-order valence-corrected chi connectivity index (χ2v) is 28.8. The summed E-state index contributed by atoms with van der Waals surface area (Å²) in [5, 5.41) is 28.8. The van der Waals surface area contributed by atoms with Crippen molar-refractivity contribution < 1.29 is 17.7 Å². The molecule has 8 heteroatoms. The summed E-state index contributed by atoms with van der Waals surface area (Å²) in [6.45, 7) is 9.60. The Kier molecular flexibility index (Phi) is 8.36. The van der Waals surface area contributed by atoms with Gasteiger partial charge in [0.15, 0.2) is 11.2 Å². The Hall–Kier alpha value is -12.5. The number of aromatic nitrogens is 4. The number of para-hydroxylation sites is 6. The molecule has 12 heterocycles. The van der Waals surface area contributed by atoms with Crippen LogP contribution in [0.15, 0.2) is 236 Å². The number of benzene rings is 14. The third-order valence-electron chi connectivity index (χ3n) is 23.5. The molecule has 454 valence electrons. The molecule has 0 aliphatic heterocycles. The molecule has 0 fully saturated rings. The fraction of sp³-hybridized carbons (Fsp3) is 0.0667. The maximum Gasteiger partial charge on any atom is 0.160 e. The van der Waals surface area contributed by atoms with Crippen molar-refractivity contribution in [3.05, 3.63) is 230 Å². The third kappa shape index (κ3) is 5.43. The SMILES string of the molecule is CC(C)c1c2c3c4c(cc5c6ccccc6n(c2c(C(C)C)c2c6c7c(cc8c9ccccc9n(c12)c86)oc1ccccc17)c53)oc1cc(-c2ccc3c(c2)oc2c3ccc3c5cccc6c7cc8c(cc7n(c65)c32)c2cccc3c5ccc6c7ccccc7oc6c5n8c23)ccc14. The molecule has 0 saturated carbocycles. The first-order valence-electron chi connectivity index (χ1n) is 34.4. The van der Waals surface area contributed by atoms with E-state index in [2.05, 4.69) is 264 Å². The summed E-state index contributed by atoms with van der Waals surface area (Å²) >= 11 is 0. The molecular formula is C90H50N4O4. The second-order valence-electron chi connectivity index (χ2n) is 28.8. The number of hydrogen-bond donors (Lipinski definition) is 0. The van der Waals surface area contributed by atoms with Gasteiger partial charge in [-0.3, -0.25) is 0 Å². The minimum atomic E-state index is 0.142. The fourth-order valence-electron chi connectivity index (χ4n) is 19.9. The minimum Gasteiger partial charge on any atom is -0.456 e. The molecule has 0 unspecified atom stereocenters. The highest BCUT2D eigenvalue weighted by Crippen LogP contribution is 2.57. The number of fused-ring (bicyclic) bond motifs is 40. The van der Waals surface area contributed by atoms with Gasteiger partial charge >= 0.3 is 0 Å². The second kappa shape index (κ2) is 16.4. The minimum absolute atomic E-state index is 0.142. The summed E-state index contributed by atoms with van der Waals surface area (Å²) in [6, 6.07) is 80.9. The number of hydrogen-bond acceptors (Lipinski definition) is 4. The molecule has 0 radical (unpaired) electrons. The lowest BCUT2D eigenvalue weighted by molar-refractivity contribution is 0.669.